The van der Waals surface area contributed by atoms with Crippen molar-refractivity contribution in [3.63, 3.8) is 0 Å². The molecule has 5 heteroatoms. The smallest absolute Gasteiger partial charge is 0.252 e. The zero-order valence-corrected chi connectivity index (χ0v) is 12.7. The largest absolute Gasteiger partial charge is 0.352 e. The Morgan fingerprint density at radius 1 is 1.62 bits per heavy atom. The van der Waals surface area contributed by atoms with Gasteiger partial charge in [0.25, 0.3) is 5.91 Å². The van der Waals surface area contributed by atoms with E-state index in [1.807, 2.05) is 25.1 Å². The van der Waals surface area contributed by atoms with Crippen molar-refractivity contribution in [2.24, 2.45) is 5.73 Å². The molecule has 0 fully saturated rings. The van der Waals surface area contributed by atoms with Gasteiger partial charge in [-0.3, -0.25) is 4.79 Å². The summed E-state index contributed by atoms with van der Waals surface area (Å²) in [5, 5.41) is 2.85. The van der Waals surface area contributed by atoms with Crippen LogP contribution in [0.25, 0.3) is 0 Å². The summed E-state index contributed by atoms with van der Waals surface area (Å²) in [6.07, 6.45) is 0.785. The van der Waals surface area contributed by atoms with Crippen molar-refractivity contribution in [3.8, 4) is 0 Å². The Kier molecular flexibility index (Phi) is 5.71. The first kappa shape index (κ1) is 13.9. The molecule has 1 atom stereocenters. The first-order valence-electron chi connectivity index (χ1n) is 4.99. The molecule has 0 saturated carbocycles. The van der Waals surface area contributed by atoms with Crippen LogP contribution >= 0.6 is 38.5 Å². The quantitative estimate of drug-likeness (QED) is 0.768. The number of hydrogen-bond donors (Lipinski definition) is 2. The molecule has 3 N–H and O–H groups in total. The standard InChI is InChI=1S/C11H14BrIN2O/c1-7(14)4-5-15-11(16)9-6-8(13)2-3-10(9)12/h2-3,6-7H,4-5,14H2,1H3,(H,15,16). The van der Waals surface area contributed by atoms with Gasteiger partial charge in [0, 0.05) is 20.6 Å². The Balaban J connectivity index is 2.62. The molecular formula is C11H14BrIN2O. The Labute approximate surface area is 117 Å². The van der Waals surface area contributed by atoms with Crippen molar-refractivity contribution in [1.29, 1.82) is 0 Å². The van der Waals surface area contributed by atoms with Crippen LogP contribution in [0.15, 0.2) is 22.7 Å². The Bertz CT molecular complexity index is 382. The van der Waals surface area contributed by atoms with E-state index in [-0.39, 0.29) is 11.9 Å². The van der Waals surface area contributed by atoms with E-state index in [1.54, 1.807) is 0 Å². The summed E-state index contributed by atoms with van der Waals surface area (Å²) in [7, 11) is 0. The van der Waals surface area contributed by atoms with Crippen LogP contribution in [-0.4, -0.2) is 18.5 Å². The van der Waals surface area contributed by atoms with Crippen LogP contribution in [0.5, 0.6) is 0 Å². The van der Waals surface area contributed by atoms with Gasteiger partial charge in [0.15, 0.2) is 0 Å². The molecule has 1 aromatic rings. The molecule has 88 valence electrons. The minimum absolute atomic E-state index is 0.0639. The number of nitrogens with one attached hydrogen (secondary N) is 1. The number of amides is 1. The highest BCUT2D eigenvalue weighted by molar-refractivity contribution is 14.1. The van der Waals surface area contributed by atoms with Crippen molar-refractivity contribution in [1.82, 2.24) is 5.32 Å². The highest BCUT2D eigenvalue weighted by atomic mass is 127. The summed E-state index contributed by atoms with van der Waals surface area (Å²) in [4.78, 5) is 11.8. The van der Waals surface area contributed by atoms with Crippen LogP contribution < -0.4 is 11.1 Å². The number of hydrogen-bond acceptors (Lipinski definition) is 2. The van der Waals surface area contributed by atoms with E-state index in [1.165, 1.54) is 0 Å². The first-order valence-corrected chi connectivity index (χ1v) is 6.86. The average molecular weight is 397 g/mol. The molecule has 1 rings (SSSR count). The fourth-order valence-electron chi connectivity index (χ4n) is 1.18. The third-order valence-corrected chi connectivity index (χ3v) is 3.42. The topological polar surface area (TPSA) is 55.1 Å². The molecule has 1 unspecified atom stereocenters. The zero-order valence-electron chi connectivity index (χ0n) is 8.97. The van der Waals surface area contributed by atoms with Gasteiger partial charge in [0.2, 0.25) is 0 Å². The van der Waals surface area contributed by atoms with Gasteiger partial charge in [-0.2, -0.15) is 0 Å². The maximum absolute atomic E-state index is 11.8. The molecular weight excluding hydrogens is 383 g/mol. The van der Waals surface area contributed by atoms with Crippen LogP contribution in [0.4, 0.5) is 0 Å². The number of halogens is 2. The molecule has 0 aliphatic heterocycles. The van der Waals surface area contributed by atoms with Crippen LogP contribution in [0.3, 0.4) is 0 Å². The van der Waals surface area contributed by atoms with Crippen LogP contribution in [0.2, 0.25) is 0 Å². The normalized spacial score (nSPS) is 12.2. The van der Waals surface area contributed by atoms with Gasteiger partial charge in [-0.25, -0.2) is 0 Å². The van der Waals surface area contributed by atoms with Crippen molar-refractivity contribution < 1.29 is 4.79 Å². The molecule has 0 aliphatic rings. The summed E-state index contributed by atoms with van der Waals surface area (Å²) < 4.78 is 1.85. The molecule has 1 aromatic carbocycles. The number of nitrogens with two attached hydrogens (primary N) is 1. The molecule has 0 heterocycles. The van der Waals surface area contributed by atoms with Gasteiger partial charge in [0.1, 0.15) is 0 Å². The maximum Gasteiger partial charge on any atom is 0.252 e. The molecule has 1 amide bonds. The second-order valence-corrected chi connectivity index (χ2v) is 5.75. The third-order valence-electron chi connectivity index (χ3n) is 2.06. The van der Waals surface area contributed by atoms with Gasteiger partial charge in [-0.1, -0.05) is 0 Å². The van der Waals surface area contributed by atoms with Crippen molar-refractivity contribution in [2.45, 2.75) is 19.4 Å². The molecule has 0 saturated heterocycles. The summed E-state index contributed by atoms with van der Waals surface area (Å²) >= 11 is 5.55. The van der Waals surface area contributed by atoms with Gasteiger partial charge in [0.05, 0.1) is 5.56 Å². The predicted octanol–water partition coefficient (Wildman–Crippen LogP) is 2.52. The van der Waals surface area contributed by atoms with E-state index in [2.05, 4.69) is 43.8 Å². The fourth-order valence-corrected chi connectivity index (χ4v) is 2.10. The van der Waals surface area contributed by atoms with E-state index in [0.717, 1.165) is 14.5 Å². The fraction of sp³-hybridized carbons (Fsp3) is 0.364. The van der Waals surface area contributed by atoms with Gasteiger partial charge >= 0.3 is 0 Å². The highest BCUT2D eigenvalue weighted by Gasteiger charge is 2.09. The lowest BCUT2D eigenvalue weighted by molar-refractivity contribution is 0.0952. The minimum atomic E-state index is -0.0639. The number of carbonyl (C=O) groups is 1. The molecule has 0 aliphatic carbocycles. The molecule has 0 radical (unpaired) electrons. The SMILES string of the molecule is CC(N)CCNC(=O)c1cc(I)ccc1Br. The Morgan fingerprint density at radius 3 is 2.94 bits per heavy atom. The van der Waals surface area contributed by atoms with E-state index in [9.17, 15) is 4.79 Å². The summed E-state index contributed by atoms with van der Waals surface area (Å²) in [6.45, 7) is 2.53. The molecule has 0 aromatic heterocycles. The van der Waals surface area contributed by atoms with Crippen molar-refractivity contribution >= 4 is 44.4 Å². The number of carbonyl (C=O) groups excluding carboxylic acids is 1. The van der Waals surface area contributed by atoms with Gasteiger partial charge in [-0.15, -0.1) is 0 Å². The van der Waals surface area contributed by atoms with E-state index in [4.69, 9.17) is 5.73 Å². The molecule has 0 spiro atoms. The number of benzene rings is 1. The Morgan fingerprint density at radius 2 is 2.31 bits per heavy atom. The zero-order chi connectivity index (χ0) is 12.1. The summed E-state index contributed by atoms with van der Waals surface area (Å²) in [5.74, 6) is -0.0639. The monoisotopic (exact) mass is 396 g/mol. The van der Waals surface area contributed by atoms with Crippen LogP contribution in [0.1, 0.15) is 23.7 Å². The minimum Gasteiger partial charge on any atom is -0.352 e. The second kappa shape index (κ2) is 6.56. The Hall–Kier alpha value is -0.140. The second-order valence-electron chi connectivity index (χ2n) is 3.65. The predicted molar refractivity (Wildman–Crippen MR) is 77.5 cm³/mol. The molecule has 3 nitrogen and oxygen atoms in total. The lowest BCUT2D eigenvalue weighted by Crippen LogP contribution is -2.29. The first-order chi connectivity index (χ1) is 7.50. The summed E-state index contributed by atoms with van der Waals surface area (Å²) in [5.41, 5.74) is 6.27. The lowest BCUT2D eigenvalue weighted by Gasteiger charge is -2.08. The van der Waals surface area contributed by atoms with Crippen molar-refractivity contribution in [2.75, 3.05) is 6.54 Å². The number of rotatable bonds is 4. The third kappa shape index (κ3) is 4.39. The van der Waals surface area contributed by atoms with Crippen LogP contribution in [-0.2, 0) is 0 Å². The highest BCUT2D eigenvalue weighted by Crippen LogP contribution is 2.19. The molecule has 16 heavy (non-hydrogen) atoms. The van der Waals surface area contributed by atoms with Crippen molar-refractivity contribution in [3.05, 3.63) is 31.8 Å². The van der Waals surface area contributed by atoms with Gasteiger partial charge in [-0.05, 0) is 70.1 Å². The van der Waals surface area contributed by atoms with E-state index < -0.39 is 0 Å². The van der Waals surface area contributed by atoms with E-state index >= 15 is 0 Å². The summed E-state index contributed by atoms with van der Waals surface area (Å²) in [6, 6.07) is 5.79. The molecule has 0 bridgehead atoms. The lowest BCUT2D eigenvalue weighted by atomic mass is 10.2. The van der Waals surface area contributed by atoms with Crippen LogP contribution in [0, 0.1) is 3.57 Å². The van der Waals surface area contributed by atoms with Gasteiger partial charge < -0.3 is 11.1 Å². The average Bonchev–Trinajstić information content (AvgIpc) is 2.21. The maximum atomic E-state index is 11.8. The van der Waals surface area contributed by atoms with E-state index in [0.29, 0.717) is 12.1 Å².